The maximum absolute atomic E-state index is 13.2. The number of aliphatic hydroxyl groups is 1. The van der Waals surface area contributed by atoms with Crippen molar-refractivity contribution in [1.29, 1.82) is 0 Å². The zero-order chi connectivity index (χ0) is 14.6. The largest absolute Gasteiger partial charge is 0.396 e. The quantitative estimate of drug-likeness (QED) is 0.890. The Labute approximate surface area is 119 Å². The average molecular weight is 279 g/mol. The number of benzene rings is 1. The van der Waals surface area contributed by atoms with E-state index >= 15 is 0 Å². The Bertz CT molecular complexity index is 481. The second kappa shape index (κ2) is 6.35. The molecule has 0 radical (unpaired) electrons. The van der Waals surface area contributed by atoms with E-state index in [9.17, 15) is 14.3 Å². The lowest BCUT2D eigenvalue weighted by molar-refractivity contribution is 0.0717. The summed E-state index contributed by atoms with van der Waals surface area (Å²) in [5.74, 6) is -0.671. The number of aliphatic hydroxyl groups excluding tert-OH is 1. The number of hydrogen-bond donors (Lipinski definition) is 2. The molecule has 0 bridgehead atoms. The van der Waals surface area contributed by atoms with Crippen molar-refractivity contribution in [3.8, 4) is 0 Å². The van der Waals surface area contributed by atoms with Gasteiger partial charge in [0.05, 0.1) is 6.61 Å². The molecular weight excluding hydrogens is 257 g/mol. The van der Waals surface area contributed by atoms with Crippen LogP contribution in [-0.2, 0) is 0 Å². The zero-order valence-electron chi connectivity index (χ0n) is 11.9. The highest BCUT2D eigenvalue weighted by Gasteiger charge is 2.31. The van der Waals surface area contributed by atoms with E-state index in [2.05, 4.69) is 5.32 Å². The lowest BCUT2D eigenvalue weighted by atomic mass is 9.74. The van der Waals surface area contributed by atoms with Crippen LogP contribution in [0.25, 0.3) is 0 Å². The van der Waals surface area contributed by atoms with Gasteiger partial charge < -0.3 is 10.4 Å². The monoisotopic (exact) mass is 279 g/mol. The molecule has 4 heteroatoms. The number of nitrogens with one attached hydrogen (secondary N) is 1. The summed E-state index contributed by atoms with van der Waals surface area (Å²) in [5, 5.41) is 12.5. The first-order chi connectivity index (χ1) is 9.56. The second-order valence-corrected chi connectivity index (χ2v) is 5.86. The van der Waals surface area contributed by atoms with Crippen LogP contribution in [0.15, 0.2) is 18.2 Å². The third-order valence-electron chi connectivity index (χ3n) is 4.32. The van der Waals surface area contributed by atoms with Crippen LogP contribution < -0.4 is 5.32 Å². The lowest BCUT2D eigenvalue weighted by Gasteiger charge is -2.35. The Balaban J connectivity index is 2.02. The van der Waals surface area contributed by atoms with E-state index in [1.807, 2.05) is 0 Å². The smallest absolute Gasteiger partial charge is 0.251 e. The molecule has 1 aliphatic carbocycles. The Morgan fingerprint density at radius 2 is 2.05 bits per heavy atom. The molecule has 0 saturated heterocycles. The van der Waals surface area contributed by atoms with Crippen LogP contribution in [0.2, 0.25) is 0 Å². The number of hydrogen-bond acceptors (Lipinski definition) is 2. The minimum absolute atomic E-state index is 0.0927. The number of amides is 1. The molecule has 1 amide bonds. The van der Waals surface area contributed by atoms with Crippen molar-refractivity contribution in [3.63, 3.8) is 0 Å². The van der Waals surface area contributed by atoms with Crippen LogP contribution in [0, 0.1) is 18.2 Å². The number of rotatable bonds is 4. The molecule has 0 unspecified atom stereocenters. The molecule has 0 aromatic heterocycles. The minimum Gasteiger partial charge on any atom is -0.396 e. The van der Waals surface area contributed by atoms with Crippen LogP contribution in [0.4, 0.5) is 4.39 Å². The summed E-state index contributed by atoms with van der Waals surface area (Å²) in [6, 6.07) is 4.21. The third-order valence-corrected chi connectivity index (χ3v) is 4.32. The molecule has 3 nitrogen and oxygen atoms in total. The van der Waals surface area contributed by atoms with Gasteiger partial charge in [-0.2, -0.15) is 0 Å². The van der Waals surface area contributed by atoms with Crippen LogP contribution in [0.3, 0.4) is 0 Å². The topological polar surface area (TPSA) is 49.3 Å². The predicted molar refractivity (Wildman–Crippen MR) is 76.1 cm³/mol. The van der Waals surface area contributed by atoms with Gasteiger partial charge in [0.1, 0.15) is 5.82 Å². The summed E-state index contributed by atoms with van der Waals surface area (Å²) in [6.45, 7) is 2.34. The summed E-state index contributed by atoms with van der Waals surface area (Å²) in [4.78, 5) is 12.2. The molecule has 0 atom stereocenters. The molecule has 1 aliphatic rings. The van der Waals surface area contributed by atoms with Crippen molar-refractivity contribution in [1.82, 2.24) is 5.32 Å². The number of halogens is 1. The van der Waals surface area contributed by atoms with Gasteiger partial charge in [0.15, 0.2) is 0 Å². The van der Waals surface area contributed by atoms with Gasteiger partial charge in [-0.25, -0.2) is 4.39 Å². The Hall–Kier alpha value is -1.42. The Morgan fingerprint density at radius 1 is 1.35 bits per heavy atom. The van der Waals surface area contributed by atoms with E-state index in [1.54, 1.807) is 13.0 Å². The highest BCUT2D eigenvalue weighted by atomic mass is 19.1. The summed E-state index contributed by atoms with van der Waals surface area (Å²) in [7, 11) is 0. The summed E-state index contributed by atoms with van der Waals surface area (Å²) in [6.07, 6.45) is 5.25. The number of carbonyl (C=O) groups excluding carboxylic acids is 1. The van der Waals surface area contributed by atoms with Crippen LogP contribution in [0.1, 0.15) is 48.0 Å². The fourth-order valence-electron chi connectivity index (χ4n) is 2.89. The summed E-state index contributed by atoms with van der Waals surface area (Å²) >= 11 is 0. The van der Waals surface area contributed by atoms with Crippen molar-refractivity contribution >= 4 is 5.91 Å². The average Bonchev–Trinajstić information content (AvgIpc) is 2.48. The van der Waals surface area contributed by atoms with Crippen molar-refractivity contribution in [3.05, 3.63) is 35.1 Å². The third kappa shape index (κ3) is 3.37. The van der Waals surface area contributed by atoms with Gasteiger partial charge in [-0.3, -0.25) is 4.79 Å². The molecule has 2 N–H and O–H groups in total. The second-order valence-electron chi connectivity index (χ2n) is 5.86. The first-order valence-corrected chi connectivity index (χ1v) is 7.22. The molecule has 1 saturated carbocycles. The highest BCUT2D eigenvalue weighted by Crippen LogP contribution is 2.35. The summed E-state index contributed by atoms with van der Waals surface area (Å²) < 4.78 is 13.2. The van der Waals surface area contributed by atoms with Gasteiger partial charge in [0, 0.05) is 17.5 Å². The first kappa shape index (κ1) is 15.0. The van der Waals surface area contributed by atoms with Gasteiger partial charge in [-0.15, -0.1) is 0 Å². The highest BCUT2D eigenvalue weighted by molar-refractivity contribution is 5.95. The number of aryl methyl sites for hydroxylation is 1. The fourth-order valence-corrected chi connectivity index (χ4v) is 2.89. The van der Waals surface area contributed by atoms with Crippen molar-refractivity contribution in [2.45, 2.75) is 39.0 Å². The van der Waals surface area contributed by atoms with Crippen molar-refractivity contribution < 1.29 is 14.3 Å². The van der Waals surface area contributed by atoms with Gasteiger partial charge in [-0.05, 0) is 37.5 Å². The molecule has 1 aromatic rings. The molecule has 0 spiro atoms. The zero-order valence-corrected chi connectivity index (χ0v) is 11.9. The van der Waals surface area contributed by atoms with Crippen LogP contribution >= 0.6 is 0 Å². The van der Waals surface area contributed by atoms with Crippen molar-refractivity contribution in [2.24, 2.45) is 5.41 Å². The van der Waals surface area contributed by atoms with E-state index in [1.165, 1.54) is 18.6 Å². The standard InChI is InChI=1S/C16H22FNO2/c1-12-5-6-13(17)9-14(12)15(20)18-10-16(11-19)7-3-2-4-8-16/h5-6,9,19H,2-4,7-8,10-11H2,1H3,(H,18,20). The van der Waals surface area contributed by atoms with E-state index in [0.717, 1.165) is 31.2 Å². The molecule has 110 valence electrons. The van der Waals surface area contributed by atoms with Gasteiger partial charge >= 0.3 is 0 Å². The Morgan fingerprint density at radius 3 is 2.70 bits per heavy atom. The van der Waals surface area contributed by atoms with Gasteiger partial charge in [-0.1, -0.05) is 25.3 Å². The maximum Gasteiger partial charge on any atom is 0.251 e. The van der Waals surface area contributed by atoms with Crippen molar-refractivity contribution in [2.75, 3.05) is 13.2 Å². The SMILES string of the molecule is Cc1ccc(F)cc1C(=O)NCC1(CO)CCCCC1. The molecule has 0 aliphatic heterocycles. The molecule has 0 heterocycles. The van der Waals surface area contributed by atoms with Crippen LogP contribution in [0.5, 0.6) is 0 Å². The fraction of sp³-hybridized carbons (Fsp3) is 0.562. The van der Waals surface area contributed by atoms with E-state index in [-0.39, 0.29) is 17.9 Å². The van der Waals surface area contributed by atoms with Gasteiger partial charge in [0.2, 0.25) is 0 Å². The van der Waals surface area contributed by atoms with Gasteiger partial charge in [0.25, 0.3) is 5.91 Å². The summed E-state index contributed by atoms with van der Waals surface area (Å²) in [5.41, 5.74) is 0.925. The molecule has 1 fully saturated rings. The molecule has 20 heavy (non-hydrogen) atoms. The molecule has 2 rings (SSSR count). The predicted octanol–water partition coefficient (Wildman–Crippen LogP) is 2.81. The molecule has 1 aromatic carbocycles. The van der Waals surface area contributed by atoms with E-state index in [4.69, 9.17) is 0 Å². The maximum atomic E-state index is 13.2. The lowest BCUT2D eigenvalue weighted by Crippen LogP contribution is -2.41. The Kier molecular flexibility index (Phi) is 4.76. The molecular formula is C16H22FNO2. The number of carbonyl (C=O) groups is 1. The van der Waals surface area contributed by atoms with E-state index < -0.39 is 5.82 Å². The first-order valence-electron chi connectivity index (χ1n) is 7.22. The van der Waals surface area contributed by atoms with Crippen LogP contribution in [-0.4, -0.2) is 24.2 Å². The van der Waals surface area contributed by atoms with E-state index in [0.29, 0.717) is 12.1 Å². The normalized spacial score (nSPS) is 17.8. The minimum atomic E-state index is -0.407.